The Kier molecular flexibility index (Phi) is 4.29. The Bertz CT molecular complexity index is 872. The van der Waals surface area contributed by atoms with E-state index >= 15 is 0 Å². The lowest BCUT2D eigenvalue weighted by molar-refractivity contribution is 0.423. The highest BCUT2D eigenvalue weighted by Gasteiger charge is 2.30. The van der Waals surface area contributed by atoms with Crippen molar-refractivity contribution in [2.24, 2.45) is 0 Å². The Morgan fingerprint density at radius 2 is 1.92 bits per heavy atom. The fraction of sp³-hybridized carbons (Fsp3) is 0.316. The highest BCUT2D eigenvalue weighted by Crippen LogP contribution is 2.37. The molecule has 1 aliphatic heterocycles. The predicted octanol–water partition coefficient (Wildman–Crippen LogP) is 4.71. The maximum atomic E-state index is 4.19. The first-order valence-electron chi connectivity index (χ1n) is 8.51. The Morgan fingerprint density at radius 3 is 2.64 bits per heavy atom. The largest absolute Gasteiger partial charge is 0.346 e. The van der Waals surface area contributed by atoms with Crippen molar-refractivity contribution in [3.05, 3.63) is 69.7 Å². The molecule has 1 aromatic heterocycles. The first kappa shape index (κ1) is 16.3. The van der Waals surface area contributed by atoms with E-state index in [9.17, 15) is 0 Å². The van der Waals surface area contributed by atoms with Gasteiger partial charge in [0.05, 0.1) is 12.1 Å². The van der Waals surface area contributed by atoms with E-state index < -0.39 is 0 Å². The smallest absolute Gasteiger partial charge is 0.243 e. The van der Waals surface area contributed by atoms with Crippen LogP contribution in [0.3, 0.4) is 0 Å². The molecule has 0 unspecified atom stereocenters. The van der Waals surface area contributed by atoms with Crippen molar-refractivity contribution in [1.29, 1.82) is 0 Å². The molecule has 2 aromatic carbocycles. The fourth-order valence-electron chi connectivity index (χ4n) is 3.36. The molecule has 128 valence electrons. The van der Waals surface area contributed by atoms with Crippen LogP contribution >= 0.6 is 15.9 Å². The van der Waals surface area contributed by atoms with Gasteiger partial charge in [-0.05, 0) is 51.6 Å². The first-order chi connectivity index (χ1) is 12.1. The Labute approximate surface area is 155 Å². The molecule has 0 amide bonds. The number of hydrogen-bond acceptors (Lipinski definition) is 4. The zero-order chi connectivity index (χ0) is 17.4. The molecule has 0 bridgehead atoms. The van der Waals surface area contributed by atoms with E-state index in [2.05, 4.69) is 93.1 Å². The summed E-state index contributed by atoms with van der Waals surface area (Å²) in [4.78, 5) is 0. The van der Waals surface area contributed by atoms with Crippen molar-refractivity contribution in [2.75, 3.05) is 5.32 Å². The molecule has 6 heteroatoms. The number of nitrogens with one attached hydrogen (secondary N) is 1. The molecule has 0 saturated carbocycles. The van der Waals surface area contributed by atoms with Crippen LogP contribution in [0.2, 0.25) is 0 Å². The number of rotatable bonds is 3. The minimum Gasteiger partial charge on any atom is -0.346 e. The Balaban J connectivity index is 1.68. The summed E-state index contributed by atoms with van der Waals surface area (Å²) in [5, 5.41) is 15.7. The van der Waals surface area contributed by atoms with Crippen LogP contribution < -0.4 is 5.32 Å². The number of hydrogen-bond donors (Lipinski definition) is 1. The van der Waals surface area contributed by atoms with Gasteiger partial charge in [0, 0.05) is 4.47 Å². The van der Waals surface area contributed by atoms with Gasteiger partial charge in [-0.3, -0.25) is 0 Å². The zero-order valence-electron chi connectivity index (χ0n) is 14.2. The molecule has 0 saturated heterocycles. The summed E-state index contributed by atoms with van der Waals surface area (Å²) in [6.07, 6.45) is 0.898. The number of aromatic nitrogens is 4. The lowest BCUT2D eigenvalue weighted by Gasteiger charge is -2.31. The van der Waals surface area contributed by atoms with E-state index in [-0.39, 0.29) is 12.1 Å². The average molecular weight is 398 g/mol. The minimum atomic E-state index is 0.110. The second-order valence-electron chi connectivity index (χ2n) is 6.77. The fourth-order valence-corrected chi connectivity index (χ4v) is 3.78. The molecule has 3 aromatic rings. The van der Waals surface area contributed by atoms with Crippen LogP contribution in [0.25, 0.3) is 0 Å². The Morgan fingerprint density at radius 1 is 1.12 bits per heavy atom. The van der Waals surface area contributed by atoms with Crippen molar-refractivity contribution in [3.63, 3.8) is 0 Å². The van der Waals surface area contributed by atoms with Crippen LogP contribution in [-0.4, -0.2) is 20.2 Å². The summed E-state index contributed by atoms with van der Waals surface area (Å²) in [7, 11) is 0. The van der Waals surface area contributed by atoms with Crippen molar-refractivity contribution in [3.8, 4) is 0 Å². The molecule has 1 N–H and O–H groups in total. The van der Waals surface area contributed by atoms with Crippen LogP contribution in [-0.2, 0) is 0 Å². The number of halogens is 1. The van der Waals surface area contributed by atoms with Crippen LogP contribution in [0.4, 0.5) is 5.95 Å². The summed E-state index contributed by atoms with van der Waals surface area (Å²) in [5.41, 5.74) is 3.82. The highest BCUT2D eigenvalue weighted by atomic mass is 79.9. The standard InChI is InChI=1S/C19H20BrN5/c1-12(2)13-6-8-14(9-7-13)17-11-18(15-4-3-5-16(20)10-15)25-19(21-17)22-23-24-25/h3-10,12,17-18H,11H2,1-2H3,(H,21,22,24)/t17-,18+/m0/s1. The van der Waals surface area contributed by atoms with Gasteiger partial charge in [0.15, 0.2) is 0 Å². The van der Waals surface area contributed by atoms with Crippen LogP contribution in [0.1, 0.15) is 55.0 Å². The molecule has 0 aliphatic carbocycles. The highest BCUT2D eigenvalue weighted by molar-refractivity contribution is 9.10. The van der Waals surface area contributed by atoms with Gasteiger partial charge in [0.25, 0.3) is 0 Å². The monoisotopic (exact) mass is 397 g/mol. The van der Waals surface area contributed by atoms with Gasteiger partial charge in [-0.2, -0.15) is 0 Å². The third-order valence-electron chi connectivity index (χ3n) is 4.79. The molecule has 2 atom stereocenters. The van der Waals surface area contributed by atoms with Gasteiger partial charge in [-0.1, -0.05) is 71.3 Å². The summed E-state index contributed by atoms with van der Waals surface area (Å²) < 4.78 is 2.94. The molecule has 4 rings (SSSR count). The third kappa shape index (κ3) is 3.18. The average Bonchev–Trinajstić information content (AvgIpc) is 3.09. The Hall–Kier alpha value is -2.21. The summed E-state index contributed by atoms with van der Waals surface area (Å²) in [6, 6.07) is 17.5. The zero-order valence-corrected chi connectivity index (χ0v) is 15.8. The van der Waals surface area contributed by atoms with E-state index in [1.165, 1.54) is 16.7 Å². The number of fused-ring (bicyclic) bond motifs is 1. The van der Waals surface area contributed by atoms with Crippen molar-refractivity contribution < 1.29 is 0 Å². The van der Waals surface area contributed by atoms with Crippen LogP contribution in [0.5, 0.6) is 0 Å². The second-order valence-corrected chi connectivity index (χ2v) is 7.69. The van der Waals surface area contributed by atoms with Crippen molar-refractivity contribution in [2.45, 2.75) is 38.3 Å². The van der Waals surface area contributed by atoms with Gasteiger partial charge < -0.3 is 5.32 Å². The molecule has 0 spiro atoms. The normalized spacial score (nSPS) is 19.5. The van der Waals surface area contributed by atoms with Crippen LogP contribution in [0, 0.1) is 0 Å². The van der Waals surface area contributed by atoms with Gasteiger partial charge in [0.1, 0.15) is 0 Å². The van der Waals surface area contributed by atoms with Gasteiger partial charge in [-0.15, -0.1) is 0 Å². The van der Waals surface area contributed by atoms with Crippen molar-refractivity contribution in [1.82, 2.24) is 20.2 Å². The molecule has 0 fully saturated rings. The SMILES string of the molecule is CC(C)c1ccc([C@@H]2C[C@H](c3cccc(Br)c3)n3nnnc3N2)cc1. The topological polar surface area (TPSA) is 55.6 Å². The number of benzene rings is 2. The maximum Gasteiger partial charge on any atom is 0.243 e. The predicted molar refractivity (Wildman–Crippen MR) is 102 cm³/mol. The molecule has 25 heavy (non-hydrogen) atoms. The molecular formula is C19H20BrN5. The minimum absolute atomic E-state index is 0.110. The number of tetrazole rings is 1. The summed E-state index contributed by atoms with van der Waals surface area (Å²) >= 11 is 3.56. The van der Waals surface area contributed by atoms with Gasteiger partial charge in [-0.25, -0.2) is 4.68 Å². The van der Waals surface area contributed by atoms with E-state index in [0.717, 1.165) is 10.9 Å². The van der Waals surface area contributed by atoms with Crippen molar-refractivity contribution >= 4 is 21.9 Å². The van der Waals surface area contributed by atoms with E-state index in [0.29, 0.717) is 11.9 Å². The van der Waals surface area contributed by atoms with E-state index in [4.69, 9.17) is 0 Å². The second kappa shape index (κ2) is 6.59. The number of nitrogens with zero attached hydrogens (tertiary/aromatic N) is 4. The molecule has 0 radical (unpaired) electrons. The van der Waals surface area contributed by atoms with E-state index in [1.807, 2.05) is 10.7 Å². The third-order valence-corrected chi connectivity index (χ3v) is 5.28. The summed E-state index contributed by atoms with van der Waals surface area (Å²) in [5.74, 6) is 1.25. The molecule has 5 nitrogen and oxygen atoms in total. The molecule has 1 aliphatic rings. The first-order valence-corrected chi connectivity index (χ1v) is 9.31. The lowest BCUT2D eigenvalue weighted by Crippen LogP contribution is -2.28. The van der Waals surface area contributed by atoms with E-state index in [1.54, 1.807) is 0 Å². The quantitative estimate of drug-likeness (QED) is 0.695. The van der Waals surface area contributed by atoms with Gasteiger partial charge >= 0.3 is 0 Å². The molecular weight excluding hydrogens is 378 g/mol. The van der Waals surface area contributed by atoms with Gasteiger partial charge in [0.2, 0.25) is 5.95 Å². The number of anilines is 1. The molecule has 2 heterocycles. The lowest BCUT2D eigenvalue weighted by atomic mass is 9.92. The summed E-state index contributed by atoms with van der Waals surface area (Å²) in [6.45, 7) is 4.43. The van der Waals surface area contributed by atoms with Crippen LogP contribution in [0.15, 0.2) is 53.0 Å². The maximum absolute atomic E-state index is 4.19.